The fraction of sp³-hybridized carbons (Fsp3) is 0.265. The van der Waals surface area contributed by atoms with E-state index in [1.54, 1.807) is 29.5 Å². The molecule has 6 rings (SSSR count). The highest BCUT2D eigenvalue weighted by Crippen LogP contribution is 2.35. The molecule has 1 unspecified atom stereocenters. The fourth-order valence-electron chi connectivity index (χ4n) is 5.60. The van der Waals surface area contributed by atoms with Crippen LogP contribution in [0.3, 0.4) is 0 Å². The van der Waals surface area contributed by atoms with Crippen LogP contribution in [0.2, 0.25) is 0 Å². The van der Waals surface area contributed by atoms with Gasteiger partial charge in [0.25, 0.3) is 0 Å². The summed E-state index contributed by atoms with van der Waals surface area (Å²) in [5.74, 6) is 0.570. The van der Waals surface area contributed by atoms with Gasteiger partial charge in [0.05, 0.1) is 60.2 Å². The van der Waals surface area contributed by atoms with Crippen LogP contribution in [0.25, 0.3) is 16.6 Å². The third-order valence-corrected chi connectivity index (χ3v) is 8.77. The molecule has 1 amide bonds. The van der Waals surface area contributed by atoms with Crippen LogP contribution in [0.1, 0.15) is 46.1 Å². The summed E-state index contributed by atoms with van der Waals surface area (Å²) >= 11 is 1.58. The van der Waals surface area contributed by atoms with Crippen molar-refractivity contribution in [2.24, 2.45) is 12.0 Å². The van der Waals surface area contributed by atoms with Gasteiger partial charge in [0.1, 0.15) is 18.1 Å². The number of pyridine rings is 1. The van der Waals surface area contributed by atoms with Crippen molar-refractivity contribution in [2.45, 2.75) is 26.1 Å². The van der Waals surface area contributed by atoms with Gasteiger partial charge in [0, 0.05) is 48.5 Å². The average Bonchev–Trinajstić information content (AvgIpc) is 3.80. The number of imidazole rings is 1. The average molecular weight is 622 g/mol. The van der Waals surface area contributed by atoms with Crippen molar-refractivity contribution in [3.63, 3.8) is 0 Å². The smallest absolute Gasteiger partial charge is 0.246 e. The maximum atomic E-state index is 12.3. The second-order valence-electron chi connectivity index (χ2n) is 10.9. The molecular weight excluding hydrogens is 586 g/mol. The maximum Gasteiger partial charge on any atom is 0.246 e. The third-order valence-electron chi connectivity index (χ3n) is 7.80. The second kappa shape index (κ2) is 13.0. The predicted octanol–water partition coefficient (Wildman–Crippen LogP) is 5.44. The highest BCUT2D eigenvalue weighted by atomic mass is 32.1. The Balaban J connectivity index is 1.38. The summed E-state index contributed by atoms with van der Waals surface area (Å²) in [5, 5.41) is 6.93. The fourth-order valence-corrected chi connectivity index (χ4v) is 6.47. The minimum atomic E-state index is -0.0774. The van der Waals surface area contributed by atoms with Crippen LogP contribution in [0.15, 0.2) is 84.6 Å². The summed E-state index contributed by atoms with van der Waals surface area (Å²) in [6, 6.07) is 14.1. The Kier molecular flexibility index (Phi) is 8.72. The number of rotatable bonds is 11. The van der Waals surface area contributed by atoms with Crippen LogP contribution in [0.5, 0.6) is 5.75 Å². The molecule has 0 radical (unpaired) electrons. The van der Waals surface area contributed by atoms with Crippen LogP contribution in [-0.2, 0) is 29.7 Å². The minimum absolute atomic E-state index is 0.0480. The molecule has 5 aromatic rings. The number of ether oxygens (including phenoxy) is 2. The van der Waals surface area contributed by atoms with Crippen LogP contribution in [-0.4, -0.2) is 67.7 Å². The number of thiophene rings is 1. The lowest BCUT2D eigenvalue weighted by atomic mass is 9.98. The van der Waals surface area contributed by atoms with Crippen LogP contribution in [0.4, 0.5) is 0 Å². The van der Waals surface area contributed by atoms with Crippen molar-refractivity contribution in [1.82, 2.24) is 29.2 Å². The predicted molar refractivity (Wildman–Crippen MR) is 177 cm³/mol. The molecule has 4 aromatic heterocycles. The Morgan fingerprint density at radius 3 is 2.89 bits per heavy atom. The van der Waals surface area contributed by atoms with E-state index in [1.807, 2.05) is 46.2 Å². The first-order chi connectivity index (χ1) is 21.9. The molecule has 0 saturated heterocycles. The van der Waals surface area contributed by atoms with Crippen LogP contribution in [0, 0.1) is 0 Å². The van der Waals surface area contributed by atoms with Crippen LogP contribution < -0.4 is 4.74 Å². The number of methoxy groups -OCH3 is 1. The van der Waals surface area contributed by atoms with Gasteiger partial charge in [-0.05, 0) is 54.8 Å². The Morgan fingerprint density at radius 2 is 2.07 bits per heavy atom. The van der Waals surface area contributed by atoms with Crippen molar-refractivity contribution in [3.8, 4) is 5.75 Å². The largest absolute Gasteiger partial charge is 0.489 e. The number of carbonyl (C=O) groups is 1. The van der Waals surface area contributed by atoms with Crippen molar-refractivity contribution >= 4 is 39.6 Å². The molecule has 0 spiro atoms. The highest BCUT2D eigenvalue weighted by Gasteiger charge is 2.26. The lowest BCUT2D eigenvalue weighted by molar-refractivity contribution is -0.127. The van der Waals surface area contributed by atoms with E-state index >= 15 is 0 Å². The van der Waals surface area contributed by atoms with E-state index in [0.29, 0.717) is 44.3 Å². The van der Waals surface area contributed by atoms with Gasteiger partial charge < -0.3 is 18.9 Å². The second-order valence-corrected chi connectivity index (χ2v) is 11.8. The molecule has 0 bridgehead atoms. The van der Waals surface area contributed by atoms with Crippen LogP contribution >= 0.6 is 11.3 Å². The van der Waals surface area contributed by atoms with Crippen molar-refractivity contribution in [1.29, 1.82) is 0 Å². The number of aliphatic imine (C=N–C) groups is 1. The monoisotopic (exact) mass is 621 g/mol. The van der Waals surface area contributed by atoms with E-state index in [0.717, 1.165) is 49.7 Å². The van der Waals surface area contributed by atoms with E-state index in [9.17, 15) is 4.79 Å². The molecule has 10 nitrogen and oxygen atoms in total. The van der Waals surface area contributed by atoms with Gasteiger partial charge in [0.2, 0.25) is 5.91 Å². The summed E-state index contributed by atoms with van der Waals surface area (Å²) in [6.07, 6.45) is 4.92. The number of hydrogen-bond acceptors (Lipinski definition) is 8. The molecule has 11 heteroatoms. The molecule has 0 fully saturated rings. The Bertz CT molecular complexity index is 1920. The number of benzene rings is 1. The first-order valence-corrected chi connectivity index (χ1v) is 15.5. The molecule has 1 atom stereocenters. The SMILES string of the molecule is C=CC(=O)N1Cc2cc(CN=C(c3ccc4c(c3)ncn4C)c3ccsc3C(=C)c3ncccc3OCCOC)nn2C(C)C1. The third kappa shape index (κ3) is 6.09. The number of nitrogens with zero attached hydrogens (tertiary/aromatic N) is 7. The van der Waals surface area contributed by atoms with Crippen molar-refractivity contribution in [2.75, 3.05) is 26.9 Å². The van der Waals surface area contributed by atoms with E-state index in [4.69, 9.17) is 19.6 Å². The van der Waals surface area contributed by atoms with Gasteiger partial charge >= 0.3 is 0 Å². The molecule has 0 N–H and O–H groups in total. The molecule has 0 aliphatic carbocycles. The molecular formula is C34H35N7O3S. The van der Waals surface area contributed by atoms with Crippen molar-refractivity contribution in [3.05, 3.63) is 113 Å². The number of fused-ring (bicyclic) bond motifs is 2. The first-order valence-electron chi connectivity index (χ1n) is 14.7. The van der Waals surface area contributed by atoms with Gasteiger partial charge in [-0.2, -0.15) is 5.10 Å². The van der Waals surface area contributed by atoms with Gasteiger partial charge in [-0.25, -0.2) is 4.98 Å². The number of aromatic nitrogens is 5. The molecule has 0 saturated carbocycles. The normalized spacial score (nSPS) is 14.9. The Morgan fingerprint density at radius 1 is 1.20 bits per heavy atom. The van der Waals surface area contributed by atoms with Gasteiger partial charge in [0.15, 0.2) is 0 Å². The number of aryl methyl sites for hydroxylation is 1. The Labute approximate surface area is 266 Å². The van der Waals surface area contributed by atoms with Crippen molar-refractivity contribution < 1.29 is 14.3 Å². The molecule has 1 aromatic carbocycles. The van der Waals surface area contributed by atoms with Gasteiger partial charge in [-0.1, -0.05) is 19.2 Å². The number of carbonyl (C=O) groups excluding carboxylic acids is 1. The molecule has 1 aliphatic heterocycles. The summed E-state index contributed by atoms with van der Waals surface area (Å²) in [5.41, 5.74) is 7.83. The maximum absolute atomic E-state index is 12.3. The molecule has 45 heavy (non-hydrogen) atoms. The highest BCUT2D eigenvalue weighted by molar-refractivity contribution is 7.11. The van der Waals surface area contributed by atoms with E-state index in [-0.39, 0.29) is 11.9 Å². The van der Waals surface area contributed by atoms with Gasteiger partial charge in [-0.3, -0.25) is 19.5 Å². The summed E-state index contributed by atoms with van der Waals surface area (Å²) < 4.78 is 15.2. The lowest BCUT2D eigenvalue weighted by Gasteiger charge is -2.31. The topological polar surface area (TPSA) is 99.7 Å². The lowest BCUT2D eigenvalue weighted by Crippen LogP contribution is -2.39. The first kappa shape index (κ1) is 30.2. The quantitative estimate of drug-likeness (QED) is 0.111. The molecule has 230 valence electrons. The van der Waals surface area contributed by atoms with E-state index in [1.165, 1.54) is 6.08 Å². The summed E-state index contributed by atoms with van der Waals surface area (Å²) in [6.45, 7) is 12.5. The molecule has 5 heterocycles. The standard InChI is InChI=1S/C34H35N7O3S/c1-6-31(42)40-19-22(2)41-26(20-40)17-25(38-41)18-36-33(24-9-10-29-28(16-24)37-21-39(29)4)27-11-15-45-34(27)23(3)32-30(8-7-12-35-32)44-14-13-43-5/h6-12,15-17,21-22H,1,3,13-14,18-20H2,2,4-5H3. The zero-order valence-electron chi connectivity index (χ0n) is 25.6. The minimum Gasteiger partial charge on any atom is -0.489 e. The molecule has 1 aliphatic rings. The Hall–Kier alpha value is -4.87. The number of amides is 1. The summed E-state index contributed by atoms with van der Waals surface area (Å²) in [7, 11) is 3.63. The van der Waals surface area contributed by atoms with E-state index < -0.39 is 0 Å². The summed E-state index contributed by atoms with van der Waals surface area (Å²) in [4.78, 5) is 29.5. The van der Waals surface area contributed by atoms with E-state index in [2.05, 4.69) is 54.3 Å². The number of hydrogen-bond donors (Lipinski definition) is 0. The zero-order valence-corrected chi connectivity index (χ0v) is 26.5. The zero-order chi connectivity index (χ0) is 31.5. The van der Waals surface area contributed by atoms with Gasteiger partial charge in [-0.15, -0.1) is 11.3 Å².